The molecule has 0 fully saturated rings. The van der Waals surface area contributed by atoms with Gasteiger partial charge >= 0.3 is 0 Å². The predicted molar refractivity (Wildman–Crippen MR) is 64.5 cm³/mol. The lowest BCUT2D eigenvalue weighted by Crippen LogP contribution is -2.43. The molecule has 1 atom stereocenters. The third-order valence-corrected chi connectivity index (χ3v) is 2.03. The number of carbonyl (C=O) groups is 1. The van der Waals surface area contributed by atoms with Gasteiger partial charge in [0.15, 0.2) is 5.11 Å². The molecule has 1 unspecified atom stereocenters. The standard InChI is InChI=1S/C10H13N3OS/c1-7(9(11)14)12-10(15)13-8-5-3-2-4-6-8/h2-7H,1H3,(H2,11,14)(H2,12,13,15). The molecule has 5 heteroatoms. The predicted octanol–water partition coefficient (Wildman–Crippen LogP) is 0.847. The summed E-state index contributed by atoms with van der Waals surface area (Å²) in [6.45, 7) is 1.65. The number of benzene rings is 1. The van der Waals surface area contributed by atoms with Crippen LogP contribution >= 0.6 is 12.2 Å². The minimum Gasteiger partial charge on any atom is -0.368 e. The molecule has 1 rings (SSSR count). The molecule has 1 amide bonds. The van der Waals surface area contributed by atoms with Gasteiger partial charge in [-0.05, 0) is 31.3 Å². The normalized spacial score (nSPS) is 11.5. The summed E-state index contributed by atoms with van der Waals surface area (Å²) < 4.78 is 0. The van der Waals surface area contributed by atoms with Gasteiger partial charge in [0.2, 0.25) is 5.91 Å². The molecular weight excluding hydrogens is 210 g/mol. The van der Waals surface area contributed by atoms with Crippen molar-refractivity contribution in [1.82, 2.24) is 5.32 Å². The second-order valence-corrected chi connectivity index (χ2v) is 3.50. The lowest BCUT2D eigenvalue weighted by Gasteiger charge is -2.13. The van der Waals surface area contributed by atoms with Crippen LogP contribution in [0.15, 0.2) is 30.3 Å². The summed E-state index contributed by atoms with van der Waals surface area (Å²) in [5.74, 6) is -0.438. The zero-order valence-corrected chi connectivity index (χ0v) is 9.17. The fraction of sp³-hybridized carbons (Fsp3) is 0.200. The van der Waals surface area contributed by atoms with Crippen LogP contribution in [-0.4, -0.2) is 17.1 Å². The number of nitrogens with one attached hydrogen (secondary N) is 2. The Balaban J connectivity index is 2.47. The van der Waals surface area contributed by atoms with Gasteiger partial charge < -0.3 is 16.4 Å². The number of hydrogen-bond donors (Lipinski definition) is 3. The van der Waals surface area contributed by atoms with Gasteiger partial charge in [0, 0.05) is 5.69 Å². The van der Waals surface area contributed by atoms with E-state index < -0.39 is 11.9 Å². The molecular formula is C10H13N3OS. The van der Waals surface area contributed by atoms with Crippen molar-refractivity contribution in [3.05, 3.63) is 30.3 Å². The number of thiocarbonyl (C=S) groups is 1. The largest absolute Gasteiger partial charge is 0.368 e. The van der Waals surface area contributed by atoms with E-state index in [-0.39, 0.29) is 0 Å². The Bertz CT molecular complexity index is 353. The highest BCUT2D eigenvalue weighted by Crippen LogP contribution is 2.04. The van der Waals surface area contributed by atoms with Crippen LogP contribution in [0.5, 0.6) is 0 Å². The first-order valence-electron chi connectivity index (χ1n) is 4.51. The van der Waals surface area contributed by atoms with Crippen molar-refractivity contribution in [3.63, 3.8) is 0 Å². The molecule has 80 valence electrons. The summed E-state index contributed by atoms with van der Waals surface area (Å²) in [7, 11) is 0. The maximum Gasteiger partial charge on any atom is 0.239 e. The Morgan fingerprint density at radius 1 is 1.40 bits per heavy atom. The highest BCUT2D eigenvalue weighted by molar-refractivity contribution is 7.80. The van der Waals surface area contributed by atoms with Gasteiger partial charge in [-0.25, -0.2) is 0 Å². The molecule has 1 aromatic rings. The van der Waals surface area contributed by atoms with Crippen LogP contribution in [0.2, 0.25) is 0 Å². The van der Waals surface area contributed by atoms with E-state index in [2.05, 4.69) is 10.6 Å². The van der Waals surface area contributed by atoms with Crippen molar-refractivity contribution in [2.45, 2.75) is 13.0 Å². The minimum atomic E-state index is -0.478. The van der Waals surface area contributed by atoms with Gasteiger partial charge in [0.1, 0.15) is 6.04 Å². The van der Waals surface area contributed by atoms with E-state index in [1.54, 1.807) is 6.92 Å². The van der Waals surface area contributed by atoms with E-state index in [0.717, 1.165) is 5.69 Å². The SMILES string of the molecule is CC(NC(=S)Nc1ccccc1)C(N)=O. The Morgan fingerprint density at radius 2 is 2.00 bits per heavy atom. The molecule has 0 saturated carbocycles. The fourth-order valence-corrected chi connectivity index (χ4v) is 1.25. The van der Waals surface area contributed by atoms with Crippen LogP contribution < -0.4 is 16.4 Å². The third kappa shape index (κ3) is 3.95. The number of anilines is 1. The van der Waals surface area contributed by atoms with E-state index in [0.29, 0.717) is 5.11 Å². The Hall–Kier alpha value is -1.62. The van der Waals surface area contributed by atoms with Crippen molar-refractivity contribution < 1.29 is 4.79 Å². The highest BCUT2D eigenvalue weighted by Gasteiger charge is 2.08. The van der Waals surface area contributed by atoms with Gasteiger partial charge in [-0.3, -0.25) is 4.79 Å². The molecule has 0 aliphatic carbocycles. The second kappa shape index (κ2) is 5.31. The average Bonchev–Trinajstić information content (AvgIpc) is 2.18. The van der Waals surface area contributed by atoms with E-state index in [9.17, 15) is 4.79 Å². The number of rotatable bonds is 3. The maximum absolute atomic E-state index is 10.8. The number of hydrogen-bond acceptors (Lipinski definition) is 2. The number of carbonyl (C=O) groups excluding carboxylic acids is 1. The second-order valence-electron chi connectivity index (χ2n) is 3.09. The van der Waals surface area contributed by atoms with E-state index in [4.69, 9.17) is 18.0 Å². The zero-order chi connectivity index (χ0) is 11.3. The van der Waals surface area contributed by atoms with E-state index in [1.807, 2.05) is 30.3 Å². The summed E-state index contributed by atoms with van der Waals surface area (Å²) in [4.78, 5) is 10.8. The summed E-state index contributed by atoms with van der Waals surface area (Å²) in [6, 6.07) is 8.97. The molecule has 0 spiro atoms. The molecule has 1 aromatic carbocycles. The first-order chi connectivity index (χ1) is 7.09. The van der Waals surface area contributed by atoms with Crippen molar-refractivity contribution in [1.29, 1.82) is 0 Å². The molecule has 0 bridgehead atoms. The zero-order valence-electron chi connectivity index (χ0n) is 8.36. The lowest BCUT2D eigenvalue weighted by atomic mass is 10.3. The molecule has 0 aromatic heterocycles. The van der Waals surface area contributed by atoms with Crippen molar-refractivity contribution in [3.8, 4) is 0 Å². The number of para-hydroxylation sites is 1. The third-order valence-electron chi connectivity index (χ3n) is 1.81. The highest BCUT2D eigenvalue weighted by atomic mass is 32.1. The summed E-state index contributed by atoms with van der Waals surface area (Å²) >= 11 is 5.00. The minimum absolute atomic E-state index is 0.382. The molecule has 0 aliphatic heterocycles. The van der Waals surface area contributed by atoms with Crippen LogP contribution in [0, 0.1) is 0 Å². The van der Waals surface area contributed by atoms with Crippen molar-refractivity contribution in [2.75, 3.05) is 5.32 Å². The Labute approximate surface area is 93.9 Å². The number of primary amides is 1. The molecule has 4 N–H and O–H groups in total. The van der Waals surface area contributed by atoms with Crippen LogP contribution in [0.25, 0.3) is 0 Å². The van der Waals surface area contributed by atoms with Gasteiger partial charge in [-0.15, -0.1) is 0 Å². The topological polar surface area (TPSA) is 67.2 Å². The van der Waals surface area contributed by atoms with Gasteiger partial charge in [-0.1, -0.05) is 18.2 Å². The van der Waals surface area contributed by atoms with Crippen molar-refractivity contribution in [2.24, 2.45) is 5.73 Å². The van der Waals surface area contributed by atoms with Crippen LogP contribution in [0.3, 0.4) is 0 Å². The fourth-order valence-electron chi connectivity index (χ4n) is 0.956. The Morgan fingerprint density at radius 3 is 2.53 bits per heavy atom. The van der Waals surface area contributed by atoms with Crippen LogP contribution in [0.1, 0.15) is 6.92 Å². The van der Waals surface area contributed by atoms with Gasteiger partial charge in [-0.2, -0.15) is 0 Å². The number of amides is 1. The first-order valence-corrected chi connectivity index (χ1v) is 4.92. The molecule has 0 radical (unpaired) electrons. The van der Waals surface area contributed by atoms with E-state index in [1.165, 1.54) is 0 Å². The lowest BCUT2D eigenvalue weighted by molar-refractivity contribution is -0.119. The summed E-state index contributed by atoms with van der Waals surface area (Å²) in [6.07, 6.45) is 0. The number of nitrogens with two attached hydrogens (primary N) is 1. The smallest absolute Gasteiger partial charge is 0.239 e. The summed E-state index contributed by atoms with van der Waals surface area (Å²) in [5.41, 5.74) is 5.96. The molecule has 0 heterocycles. The van der Waals surface area contributed by atoms with Crippen molar-refractivity contribution >= 4 is 28.9 Å². The van der Waals surface area contributed by atoms with E-state index >= 15 is 0 Å². The molecule has 0 saturated heterocycles. The molecule has 4 nitrogen and oxygen atoms in total. The van der Waals surface area contributed by atoms with Crippen LogP contribution in [0.4, 0.5) is 5.69 Å². The van der Waals surface area contributed by atoms with Gasteiger partial charge in [0.25, 0.3) is 0 Å². The molecule has 0 aliphatic rings. The first kappa shape index (κ1) is 11.5. The monoisotopic (exact) mass is 223 g/mol. The van der Waals surface area contributed by atoms with Gasteiger partial charge in [0.05, 0.1) is 0 Å². The quantitative estimate of drug-likeness (QED) is 0.664. The van der Waals surface area contributed by atoms with Crippen LogP contribution in [-0.2, 0) is 4.79 Å². The Kier molecular flexibility index (Phi) is 4.05. The maximum atomic E-state index is 10.8. The average molecular weight is 223 g/mol. The summed E-state index contributed by atoms with van der Waals surface area (Å²) in [5, 5.41) is 6.10. The molecule has 15 heavy (non-hydrogen) atoms.